The Morgan fingerprint density at radius 3 is 2.48 bits per heavy atom. The monoisotopic (exact) mass is 401 g/mol. The molecule has 5 heteroatoms. The summed E-state index contributed by atoms with van der Waals surface area (Å²) >= 11 is 3.31. The Kier molecular flexibility index (Phi) is 5.53. The van der Waals surface area contributed by atoms with Gasteiger partial charge in [0.2, 0.25) is 0 Å². The molecule has 0 heterocycles. The van der Waals surface area contributed by atoms with Crippen molar-refractivity contribution < 1.29 is 14.3 Å². The van der Waals surface area contributed by atoms with Crippen molar-refractivity contribution in [2.75, 3.05) is 13.2 Å². The van der Waals surface area contributed by atoms with E-state index < -0.39 is 5.97 Å². The minimum absolute atomic E-state index is 0.0191. The third kappa shape index (κ3) is 4.28. The summed E-state index contributed by atoms with van der Waals surface area (Å²) < 4.78 is 5.89. The highest BCUT2D eigenvalue weighted by Gasteiger charge is 2.38. The van der Waals surface area contributed by atoms with Crippen molar-refractivity contribution in [1.29, 1.82) is 0 Å². The summed E-state index contributed by atoms with van der Waals surface area (Å²) in [4.78, 5) is 24.0. The molecule has 130 valence electrons. The zero-order valence-corrected chi connectivity index (χ0v) is 15.4. The molecule has 1 aliphatic rings. The van der Waals surface area contributed by atoms with Gasteiger partial charge in [-0.25, -0.2) is 4.79 Å². The molecular weight excluding hydrogens is 382 g/mol. The molecule has 0 radical (unpaired) electrons. The minimum atomic E-state index is -0.502. The Bertz CT molecular complexity index is 757. The molecule has 0 bridgehead atoms. The summed E-state index contributed by atoms with van der Waals surface area (Å²) in [6.45, 7) is 0.306. The summed E-state index contributed by atoms with van der Waals surface area (Å²) in [6, 6.07) is 17.2. The van der Waals surface area contributed by atoms with Crippen LogP contribution in [0.4, 0.5) is 0 Å². The van der Waals surface area contributed by atoms with E-state index in [0.29, 0.717) is 12.1 Å². The quantitative estimate of drug-likeness (QED) is 0.747. The molecule has 4 nitrogen and oxygen atoms in total. The Hall–Kier alpha value is -2.14. The lowest BCUT2D eigenvalue weighted by Crippen LogP contribution is -2.46. The first-order valence-corrected chi connectivity index (χ1v) is 9.13. The molecule has 0 atom stereocenters. The van der Waals surface area contributed by atoms with Crippen molar-refractivity contribution in [2.45, 2.75) is 24.7 Å². The molecule has 0 saturated heterocycles. The predicted molar refractivity (Wildman–Crippen MR) is 99.4 cm³/mol. The minimum Gasteiger partial charge on any atom is -0.452 e. The maximum atomic E-state index is 12.1. The summed E-state index contributed by atoms with van der Waals surface area (Å²) in [6.07, 6.45) is 3.30. The van der Waals surface area contributed by atoms with Crippen molar-refractivity contribution in [1.82, 2.24) is 5.32 Å². The first-order valence-electron chi connectivity index (χ1n) is 8.34. The fourth-order valence-corrected chi connectivity index (χ4v) is 3.51. The molecule has 1 amide bonds. The average molecular weight is 402 g/mol. The predicted octanol–water partition coefficient (Wildman–Crippen LogP) is 3.84. The van der Waals surface area contributed by atoms with Crippen LogP contribution < -0.4 is 5.32 Å². The van der Waals surface area contributed by atoms with Crippen molar-refractivity contribution in [2.24, 2.45) is 0 Å². The molecule has 0 spiro atoms. The third-order valence-electron chi connectivity index (χ3n) is 4.72. The highest BCUT2D eigenvalue weighted by atomic mass is 79.9. The van der Waals surface area contributed by atoms with Crippen LogP contribution in [-0.4, -0.2) is 25.0 Å². The van der Waals surface area contributed by atoms with Crippen molar-refractivity contribution in [3.8, 4) is 0 Å². The van der Waals surface area contributed by atoms with Crippen LogP contribution in [0.25, 0.3) is 0 Å². The van der Waals surface area contributed by atoms with E-state index in [1.165, 1.54) is 12.0 Å². The zero-order valence-electron chi connectivity index (χ0n) is 13.8. The Balaban J connectivity index is 1.50. The number of hydrogen-bond acceptors (Lipinski definition) is 3. The van der Waals surface area contributed by atoms with Gasteiger partial charge in [0.15, 0.2) is 6.61 Å². The van der Waals surface area contributed by atoms with E-state index >= 15 is 0 Å². The molecule has 1 aliphatic carbocycles. The molecule has 1 saturated carbocycles. The highest BCUT2D eigenvalue weighted by molar-refractivity contribution is 9.10. The van der Waals surface area contributed by atoms with Gasteiger partial charge in [0.1, 0.15) is 0 Å². The van der Waals surface area contributed by atoms with Gasteiger partial charge in [-0.05, 0) is 36.6 Å². The Morgan fingerprint density at radius 2 is 1.84 bits per heavy atom. The van der Waals surface area contributed by atoms with Crippen molar-refractivity contribution in [3.05, 3.63) is 70.2 Å². The standard InChI is InChI=1S/C20H20BrNO3/c21-17-9-4-6-15(12-17)19(24)25-13-18(23)22-14-20(10-5-11-20)16-7-2-1-3-8-16/h1-4,6-9,12H,5,10-11,13-14H2,(H,22,23). The lowest BCUT2D eigenvalue weighted by molar-refractivity contribution is -0.124. The van der Waals surface area contributed by atoms with E-state index in [1.807, 2.05) is 24.3 Å². The second-order valence-corrected chi connectivity index (χ2v) is 7.28. The summed E-state index contributed by atoms with van der Waals surface area (Å²) in [5.74, 6) is -0.775. The molecule has 2 aromatic carbocycles. The fourth-order valence-electron chi connectivity index (χ4n) is 3.11. The number of ether oxygens (including phenoxy) is 1. The fraction of sp³-hybridized carbons (Fsp3) is 0.300. The van der Waals surface area contributed by atoms with Gasteiger partial charge in [-0.1, -0.05) is 58.7 Å². The van der Waals surface area contributed by atoms with Crippen LogP contribution >= 0.6 is 15.9 Å². The number of amides is 1. The molecule has 1 fully saturated rings. The van der Waals surface area contributed by atoms with Crippen LogP contribution in [0, 0.1) is 0 Å². The molecule has 2 aromatic rings. The molecule has 0 aromatic heterocycles. The number of nitrogens with one attached hydrogen (secondary N) is 1. The smallest absolute Gasteiger partial charge is 0.338 e. The van der Waals surface area contributed by atoms with Gasteiger partial charge < -0.3 is 10.1 Å². The summed E-state index contributed by atoms with van der Waals surface area (Å²) in [5.41, 5.74) is 1.69. The third-order valence-corrected chi connectivity index (χ3v) is 5.21. The van der Waals surface area contributed by atoms with E-state index in [4.69, 9.17) is 4.74 Å². The first kappa shape index (κ1) is 17.7. The number of halogens is 1. The van der Waals surface area contributed by atoms with Gasteiger partial charge in [0.25, 0.3) is 5.91 Å². The number of carbonyl (C=O) groups is 2. The summed E-state index contributed by atoms with van der Waals surface area (Å²) in [7, 11) is 0. The van der Waals surface area contributed by atoms with Crippen molar-refractivity contribution >= 4 is 27.8 Å². The Morgan fingerprint density at radius 1 is 1.08 bits per heavy atom. The lowest BCUT2D eigenvalue weighted by atomic mass is 9.64. The maximum Gasteiger partial charge on any atom is 0.338 e. The second-order valence-electron chi connectivity index (χ2n) is 6.36. The largest absolute Gasteiger partial charge is 0.452 e. The molecular formula is C20H20BrNO3. The maximum absolute atomic E-state index is 12.1. The van der Waals surface area contributed by atoms with E-state index in [2.05, 4.69) is 33.4 Å². The van der Waals surface area contributed by atoms with E-state index in [0.717, 1.165) is 17.3 Å². The number of rotatable bonds is 6. The van der Waals surface area contributed by atoms with E-state index in [-0.39, 0.29) is 17.9 Å². The number of benzene rings is 2. The topological polar surface area (TPSA) is 55.4 Å². The number of hydrogen-bond donors (Lipinski definition) is 1. The van der Waals surface area contributed by atoms with Gasteiger partial charge in [-0.2, -0.15) is 0 Å². The van der Waals surface area contributed by atoms with E-state index in [1.54, 1.807) is 18.2 Å². The zero-order chi connectivity index (χ0) is 17.7. The molecule has 25 heavy (non-hydrogen) atoms. The second kappa shape index (κ2) is 7.83. The first-order chi connectivity index (χ1) is 12.1. The normalized spacial score (nSPS) is 15.1. The lowest BCUT2D eigenvalue weighted by Gasteiger charge is -2.42. The van der Waals surface area contributed by atoms with Crippen LogP contribution in [0.5, 0.6) is 0 Å². The van der Waals surface area contributed by atoms with Gasteiger partial charge in [0.05, 0.1) is 5.56 Å². The summed E-state index contributed by atoms with van der Waals surface area (Å²) in [5, 5.41) is 2.92. The van der Waals surface area contributed by atoms with Crippen LogP contribution in [0.2, 0.25) is 0 Å². The van der Waals surface area contributed by atoms with Gasteiger partial charge in [-0.3, -0.25) is 4.79 Å². The molecule has 1 N–H and O–H groups in total. The van der Waals surface area contributed by atoms with Gasteiger partial charge in [-0.15, -0.1) is 0 Å². The molecule has 0 aliphatic heterocycles. The van der Waals surface area contributed by atoms with E-state index in [9.17, 15) is 9.59 Å². The molecule has 0 unspecified atom stereocenters. The molecule has 3 rings (SSSR count). The van der Waals surface area contributed by atoms with Crippen LogP contribution in [-0.2, 0) is 14.9 Å². The average Bonchev–Trinajstić information content (AvgIpc) is 2.59. The van der Waals surface area contributed by atoms with Crippen LogP contribution in [0.1, 0.15) is 35.2 Å². The van der Waals surface area contributed by atoms with Crippen molar-refractivity contribution in [3.63, 3.8) is 0 Å². The number of carbonyl (C=O) groups excluding carboxylic acids is 2. The van der Waals surface area contributed by atoms with Crippen LogP contribution in [0.3, 0.4) is 0 Å². The van der Waals surface area contributed by atoms with Gasteiger partial charge >= 0.3 is 5.97 Å². The number of esters is 1. The van der Waals surface area contributed by atoms with Gasteiger partial charge in [0, 0.05) is 16.4 Å². The Labute approximate surface area is 155 Å². The highest BCUT2D eigenvalue weighted by Crippen LogP contribution is 2.43. The van der Waals surface area contributed by atoms with Crippen LogP contribution in [0.15, 0.2) is 59.1 Å². The SMILES string of the molecule is O=C(COC(=O)c1cccc(Br)c1)NCC1(c2ccccc2)CCC1.